The largest absolute Gasteiger partial charge is 0.497 e. The Labute approximate surface area is 268 Å². The van der Waals surface area contributed by atoms with E-state index in [1.807, 2.05) is 110 Å². The monoisotopic (exact) mass is 606 g/mol. The number of carbonyl (C=O) groups is 1. The summed E-state index contributed by atoms with van der Waals surface area (Å²) < 4.78 is 24.9. The summed E-state index contributed by atoms with van der Waals surface area (Å²) in [6.07, 6.45) is 1.13. The van der Waals surface area contributed by atoms with E-state index >= 15 is 0 Å². The third-order valence-electron chi connectivity index (χ3n) is 8.91. The van der Waals surface area contributed by atoms with Crippen LogP contribution in [0.1, 0.15) is 27.8 Å². The Morgan fingerprint density at radius 1 is 0.761 bits per heavy atom. The predicted molar refractivity (Wildman–Crippen MR) is 182 cm³/mol. The average Bonchev–Trinajstić information content (AvgIpc) is 3.11. The Kier molecular flexibility index (Phi) is 7.77. The van der Waals surface area contributed by atoms with Gasteiger partial charge in [0.05, 0.1) is 20.8 Å². The maximum absolute atomic E-state index is 14.4. The van der Waals surface area contributed by atoms with Gasteiger partial charge in [0, 0.05) is 11.1 Å². The van der Waals surface area contributed by atoms with E-state index in [0.29, 0.717) is 11.3 Å². The summed E-state index contributed by atoms with van der Waals surface area (Å²) >= 11 is 0. The van der Waals surface area contributed by atoms with Crippen LogP contribution in [0.2, 0.25) is 0 Å². The van der Waals surface area contributed by atoms with Crippen molar-refractivity contribution in [3.63, 3.8) is 0 Å². The summed E-state index contributed by atoms with van der Waals surface area (Å²) in [5.41, 5.74) is 3.72. The van der Waals surface area contributed by atoms with Gasteiger partial charge in [-0.3, -0.25) is 0 Å². The molecule has 0 unspecified atom stereocenters. The van der Waals surface area contributed by atoms with Crippen molar-refractivity contribution in [2.45, 2.75) is 25.2 Å². The number of fused-ring (bicyclic) bond motifs is 3. The van der Waals surface area contributed by atoms with Crippen LogP contribution in [0, 0.1) is 6.92 Å². The number of rotatable bonds is 8. The van der Waals surface area contributed by atoms with E-state index in [4.69, 9.17) is 18.9 Å². The third-order valence-corrected chi connectivity index (χ3v) is 8.91. The zero-order valence-corrected chi connectivity index (χ0v) is 26.0. The number of hydrogen-bond donors (Lipinski definition) is 0. The van der Waals surface area contributed by atoms with Gasteiger partial charge in [-0.2, -0.15) is 0 Å². The highest BCUT2D eigenvalue weighted by atomic mass is 16.6. The highest BCUT2D eigenvalue weighted by molar-refractivity contribution is 6.02. The van der Waals surface area contributed by atoms with Crippen LogP contribution in [0.3, 0.4) is 0 Å². The highest BCUT2D eigenvalue weighted by Crippen LogP contribution is 2.45. The summed E-state index contributed by atoms with van der Waals surface area (Å²) in [6, 6.07) is 42.3. The van der Waals surface area contributed by atoms with Crippen molar-refractivity contribution in [1.29, 1.82) is 0 Å². The van der Waals surface area contributed by atoms with Crippen LogP contribution in [0.25, 0.3) is 27.1 Å². The van der Waals surface area contributed by atoms with Crippen LogP contribution in [-0.2, 0) is 26.5 Å². The minimum Gasteiger partial charge on any atom is -0.497 e. The molecule has 0 N–H and O–H groups in total. The molecule has 6 aromatic rings. The fraction of sp³-hybridized carbons (Fsp3) is 0.146. The number of para-hydroxylation sites is 1. The molecular weight excluding hydrogens is 572 g/mol. The minimum absolute atomic E-state index is 0.137. The Morgan fingerprint density at radius 3 is 2.07 bits per heavy atom. The lowest BCUT2D eigenvalue weighted by Crippen LogP contribution is -2.52. The summed E-state index contributed by atoms with van der Waals surface area (Å²) in [4.78, 5) is 14.4. The van der Waals surface area contributed by atoms with Crippen molar-refractivity contribution < 1.29 is 23.7 Å². The lowest BCUT2D eigenvalue weighted by atomic mass is 9.81. The van der Waals surface area contributed by atoms with Gasteiger partial charge in [-0.05, 0) is 81.1 Å². The molecule has 0 bridgehead atoms. The summed E-state index contributed by atoms with van der Waals surface area (Å²) in [7, 11) is 3.05. The molecule has 0 radical (unpaired) electrons. The van der Waals surface area contributed by atoms with Gasteiger partial charge in [0.1, 0.15) is 11.5 Å². The van der Waals surface area contributed by atoms with E-state index in [2.05, 4.69) is 30.3 Å². The normalized spacial score (nSPS) is 15.4. The van der Waals surface area contributed by atoms with Crippen molar-refractivity contribution in [3.8, 4) is 11.5 Å². The van der Waals surface area contributed by atoms with Crippen LogP contribution >= 0.6 is 0 Å². The Bertz CT molecular complexity index is 2040. The number of hydrogen-bond acceptors (Lipinski definition) is 5. The molecule has 228 valence electrons. The molecular formula is C41H34O5. The summed E-state index contributed by atoms with van der Waals surface area (Å²) in [5.74, 6) is 0.874. The van der Waals surface area contributed by atoms with Gasteiger partial charge < -0.3 is 18.9 Å². The van der Waals surface area contributed by atoms with Gasteiger partial charge in [0.2, 0.25) is 5.60 Å². The summed E-state index contributed by atoms with van der Waals surface area (Å²) in [5, 5.41) is 4.33. The number of benzene rings is 6. The molecule has 1 aliphatic heterocycles. The maximum Gasteiger partial charge on any atom is 0.347 e. The van der Waals surface area contributed by atoms with E-state index in [1.165, 1.54) is 7.11 Å². The van der Waals surface area contributed by atoms with Crippen molar-refractivity contribution in [2.75, 3.05) is 14.2 Å². The van der Waals surface area contributed by atoms with Crippen LogP contribution in [0.15, 0.2) is 133 Å². The minimum atomic E-state index is -1.65. The zero-order chi connectivity index (χ0) is 31.7. The molecule has 1 heterocycles. The standard InChI is InChI=1S/C41H34O5/c1-27-12-4-10-18-37(27)41(40(42)44-3,45-26-36-32-15-7-5-13-29(32)24-30-14-6-8-16-33(30)36)39-25-35(28-20-22-31(43-2)23-21-28)34-17-9-11-19-38(34)46-39/h4-25,39H,26H2,1-3H3/t39-,41-/m0/s1. The number of methoxy groups -OCH3 is 2. The zero-order valence-electron chi connectivity index (χ0n) is 26.0. The Hall–Kier alpha value is -5.39. The average molecular weight is 607 g/mol. The molecule has 0 aromatic heterocycles. The smallest absolute Gasteiger partial charge is 0.347 e. The van der Waals surface area contributed by atoms with Crippen molar-refractivity contribution in [2.24, 2.45) is 0 Å². The second-order valence-corrected chi connectivity index (χ2v) is 11.5. The molecule has 0 fully saturated rings. The Balaban J connectivity index is 1.44. The van der Waals surface area contributed by atoms with Crippen LogP contribution < -0.4 is 9.47 Å². The molecule has 0 saturated carbocycles. The lowest BCUT2D eigenvalue weighted by Gasteiger charge is -2.40. The van der Waals surface area contributed by atoms with E-state index < -0.39 is 17.7 Å². The second kappa shape index (κ2) is 12.2. The van der Waals surface area contributed by atoms with Crippen molar-refractivity contribution in [1.82, 2.24) is 0 Å². The first-order valence-electron chi connectivity index (χ1n) is 15.3. The first kappa shape index (κ1) is 29.3. The molecule has 0 saturated heterocycles. The molecule has 2 atom stereocenters. The SMILES string of the molecule is COC(=O)[C@](OCc1c2ccccc2cc2ccccc12)(c1ccccc1C)[C@@H]1C=C(c2ccc(OC)cc2)c2ccccc2O1. The van der Waals surface area contributed by atoms with E-state index in [-0.39, 0.29) is 6.61 Å². The number of carbonyl (C=O) groups excluding carboxylic acids is 1. The summed E-state index contributed by atoms with van der Waals surface area (Å²) in [6.45, 7) is 2.12. The van der Waals surface area contributed by atoms with Crippen molar-refractivity contribution in [3.05, 3.63) is 161 Å². The topological polar surface area (TPSA) is 54.0 Å². The van der Waals surface area contributed by atoms with Gasteiger partial charge in [-0.15, -0.1) is 0 Å². The number of aryl methyl sites for hydroxylation is 1. The van der Waals surface area contributed by atoms with E-state index in [0.717, 1.165) is 55.1 Å². The molecule has 6 aromatic carbocycles. The van der Waals surface area contributed by atoms with Crippen LogP contribution in [-0.4, -0.2) is 26.3 Å². The first-order chi connectivity index (χ1) is 22.5. The molecule has 0 amide bonds. The molecule has 7 rings (SSSR count). The number of ether oxygens (including phenoxy) is 4. The fourth-order valence-electron chi connectivity index (χ4n) is 6.62. The fourth-order valence-corrected chi connectivity index (χ4v) is 6.62. The quantitative estimate of drug-likeness (QED) is 0.128. The van der Waals surface area contributed by atoms with Gasteiger partial charge in [-0.1, -0.05) is 103 Å². The number of esters is 1. The first-order valence-corrected chi connectivity index (χ1v) is 15.3. The van der Waals surface area contributed by atoms with Crippen molar-refractivity contribution >= 4 is 33.1 Å². The van der Waals surface area contributed by atoms with Gasteiger partial charge in [0.25, 0.3) is 0 Å². The highest BCUT2D eigenvalue weighted by Gasteiger charge is 2.53. The van der Waals surface area contributed by atoms with E-state index in [1.54, 1.807) is 7.11 Å². The molecule has 0 aliphatic carbocycles. The molecule has 0 spiro atoms. The molecule has 5 heteroatoms. The van der Waals surface area contributed by atoms with Gasteiger partial charge in [0.15, 0.2) is 6.10 Å². The third kappa shape index (κ3) is 4.99. The van der Waals surface area contributed by atoms with Gasteiger partial charge in [-0.25, -0.2) is 4.79 Å². The lowest BCUT2D eigenvalue weighted by molar-refractivity contribution is -0.185. The maximum atomic E-state index is 14.4. The predicted octanol–water partition coefficient (Wildman–Crippen LogP) is 8.79. The second-order valence-electron chi connectivity index (χ2n) is 11.5. The molecule has 1 aliphatic rings. The Morgan fingerprint density at radius 2 is 1.39 bits per heavy atom. The van der Waals surface area contributed by atoms with Crippen LogP contribution in [0.5, 0.6) is 11.5 Å². The van der Waals surface area contributed by atoms with E-state index in [9.17, 15) is 4.79 Å². The van der Waals surface area contributed by atoms with Gasteiger partial charge >= 0.3 is 5.97 Å². The molecule has 46 heavy (non-hydrogen) atoms. The molecule has 5 nitrogen and oxygen atoms in total. The van der Waals surface area contributed by atoms with Crippen LogP contribution in [0.4, 0.5) is 0 Å².